The molecule has 2 rings (SSSR count). The van der Waals surface area contributed by atoms with Gasteiger partial charge in [0.1, 0.15) is 11.7 Å². The summed E-state index contributed by atoms with van der Waals surface area (Å²) < 4.78 is 12.0. The fourth-order valence-electron chi connectivity index (χ4n) is 1.92. The van der Waals surface area contributed by atoms with E-state index in [0.717, 1.165) is 10.2 Å². The molecule has 0 saturated carbocycles. The van der Waals surface area contributed by atoms with Crippen LogP contribution in [0.5, 0.6) is 0 Å². The van der Waals surface area contributed by atoms with Crippen LogP contribution < -0.4 is 0 Å². The van der Waals surface area contributed by atoms with E-state index in [0.29, 0.717) is 19.7 Å². The summed E-state index contributed by atoms with van der Waals surface area (Å²) in [6.45, 7) is 7.06. The highest BCUT2D eigenvalue weighted by molar-refractivity contribution is 9.10. The first-order chi connectivity index (χ1) is 9.35. The van der Waals surface area contributed by atoms with Crippen LogP contribution in [0.2, 0.25) is 0 Å². The molecule has 1 unspecified atom stereocenters. The monoisotopic (exact) mass is 342 g/mol. The number of ether oxygens (including phenoxy) is 2. The Hall–Kier alpha value is -1.14. The second-order valence-electron chi connectivity index (χ2n) is 5.68. The lowest BCUT2D eigenvalue weighted by Crippen LogP contribution is -2.44. The minimum absolute atomic E-state index is 0.214. The molecular formula is C14H19BrN2O3. The van der Waals surface area contributed by atoms with Crippen LogP contribution in [0.1, 0.15) is 32.6 Å². The molecule has 2 heterocycles. The standard InChI is InChI=1S/C14H19BrN2O3/c1-14(2,3)20-13(18)17-6-7-19-12(9-17)11-8-10(15)4-5-16-11/h4-5,8,12H,6-7,9H2,1-3H3. The summed E-state index contributed by atoms with van der Waals surface area (Å²) in [4.78, 5) is 18.0. The van der Waals surface area contributed by atoms with E-state index in [1.165, 1.54) is 0 Å². The maximum atomic E-state index is 12.1. The van der Waals surface area contributed by atoms with Crippen LogP contribution in [0.15, 0.2) is 22.8 Å². The fraction of sp³-hybridized carbons (Fsp3) is 0.571. The lowest BCUT2D eigenvalue weighted by atomic mass is 10.2. The molecule has 0 spiro atoms. The Kier molecular flexibility index (Phi) is 4.65. The molecule has 20 heavy (non-hydrogen) atoms. The Labute approximate surface area is 127 Å². The number of amides is 1. The van der Waals surface area contributed by atoms with Crippen molar-refractivity contribution in [1.82, 2.24) is 9.88 Å². The van der Waals surface area contributed by atoms with Crippen molar-refractivity contribution < 1.29 is 14.3 Å². The van der Waals surface area contributed by atoms with Gasteiger partial charge in [0.05, 0.1) is 18.8 Å². The van der Waals surface area contributed by atoms with Crippen molar-refractivity contribution in [3.8, 4) is 0 Å². The van der Waals surface area contributed by atoms with Gasteiger partial charge in [0.2, 0.25) is 0 Å². The summed E-state index contributed by atoms with van der Waals surface area (Å²) in [6.07, 6.45) is 1.20. The van der Waals surface area contributed by atoms with Crippen LogP contribution in [0, 0.1) is 0 Å². The van der Waals surface area contributed by atoms with Gasteiger partial charge in [-0.05, 0) is 32.9 Å². The first-order valence-corrected chi connectivity index (χ1v) is 7.35. The van der Waals surface area contributed by atoms with E-state index in [2.05, 4.69) is 20.9 Å². The van der Waals surface area contributed by atoms with Crippen molar-refractivity contribution in [3.05, 3.63) is 28.5 Å². The molecular weight excluding hydrogens is 324 g/mol. The van der Waals surface area contributed by atoms with Crippen molar-refractivity contribution in [2.45, 2.75) is 32.5 Å². The number of morpholine rings is 1. The molecule has 1 fully saturated rings. The summed E-state index contributed by atoms with van der Waals surface area (Å²) in [6, 6.07) is 3.77. The SMILES string of the molecule is CC(C)(C)OC(=O)N1CCOC(c2cc(Br)ccn2)C1. The van der Waals surface area contributed by atoms with E-state index in [-0.39, 0.29) is 12.2 Å². The molecule has 1 aliphatic rings. The van der Waals surface area contributed by atoms with Crippen molar-refractivity contribution in [2.75, 3.05) is 19.7 Å². The van der Waals surface area contributed by atoms with Crippen molar-refractivity contribution in [2.24, 2.45) is 0 Å². The Morgan fingerprint density at radius 3 is 2.95 bits per heavy atom. The van der Waals surface area contributed by atoms with Crippen LogP contribution >= 0.6 is 15.9 Å². The molecule has 1 saturated heterocycles. The van der Waals surface area contributed by atoms with Crippen LogP contribution in [0.4, 0.5) is 4.79 Å². The average Bonchev–Trinajstić information content (AvgIpc) is 2.37. The third-order valence-corrected chi connectivity index (χ3v) is 3.28. The highest BCUT2D eigenvalue weighted by Gasteiger charge is 2.29. The van der Waals surface area contributed by atoms with Crippen molar-refractivity contribution in [3.63, 3.8) is 0 Å². The number of rotatable bonds is 1. The first-order valence-electron chi connectivity index (χ1n) is 6.56. The molecule has 1 aromatic heterocycles. The Balaban J connectivity index is 2.03. The van der Waals surface area contributed by atoms with Crippen LogP contribution in [0.25, 0.3) is 0 Å². The highest BCUT2D eigenvalue weighted by Crippen LogP contribution is 2.24. The number of hydrogen-bond donors (Lipinski definition) is 0. The molecule has 1 amide bonds. The van der Waals surface area contributed by atoms with Gasteiger partial charge in [0.25, 0.3) is 0 Å². The molecule has 1 aliphatic heterocycles. The molecule has 0 radical (unpaired) electrons. The first kappa shape index (κ1) is 15.3. The largest absolute Gasteiger partial charge is 0.444 e. The quantitative estimate of drug-likeness (QED) is 0.786. The van der Waals surface area contributed by atoms with Crippen molar-refractivity contribution in [1.29, 1.82) is 0 Å². The zero-order valence-corrected chi connectivity index (χ0v) is 13.5. The normalized spacial score (nSPS) is 19.8. The van der Waals surface area contributed by atoms with Gasteiger partial charge in [-0.3, -0.25) is 4.98 Å². The van der Waals surface area contributed by atoms with Gasteiger partial charge in [-0.2, -0.15) is 0 Å². The predicted octanol–water partition coefficient (Wildman–Crippen LogP) is 3.15. The lowest BCUT2D eigenvalue weighted by Gasteiger charge is -2.34. The molecule has 0 bridgehead atoms. The minimum Gasteiger partial charge on any atom is -0.444 e. The number of carbonyl (C=O) groups is 1. The van der Waals surface area contributed by atoms with Gasteiger partial charge < -0.3 is 14.4 Å². The van der Waals surface area contributed by atoms with Gasteiger partial charge in [-0.15, -0.1) is 0 Å². The molecule has 1 aromatic rings. The van der Waals surface area contributed by atoms with Crippen LogP contribution in [-0.2, 0) is 9.47 Å². The van der Waals surface area contributed by atoms with E-state index < -0.39 is 5.60 Å². The lowest BCUT2D eigenvalue weighted by molar-refractivity contribution is -0.0447. The zero-order chi connectivity index (χ0) is 14.8. The van der Waals surface area contributed by atoms with Crippen LogP contribution in [0.3, 0.4) is 0 Å². The topological polar surface area (TPSA) is 51.7 Å². The Morgan fingerprint density at radius 1 is 1.55 bits per heavy atom. The summed E-state index contributed by atoms with van der Waals surface area (Å²) in [7, 11) is 0. The van der Waals surface area contributed by atoms with E-state index in [4.69, 9.17) is 9.47 Å². The second kappa shape index (κ2) is 6.10. The van der Waals surface area contributed by atoms with E-state index in [9.17, 15) is 4.79 Å². The van der Waals surface area contributed by atoms with Gasteiger partial charge in [0.15, 0.2) is 0 Å². The van der Waals surface area contributed by atoms with E-state index in [1.54, 1.807) is 11.1 Å². The smallest absolute Gasteiger partial charge is 0.410 e. The third kappa shape index (κ3) is 4.18. The minimum atomic E-state index is -0.487. The number of hydrogen-bond acceptors (Lipinski definition) is 4. The number of pyridine rings is 1. The molecule has 5 nitrogen and oxygen atoms in total. The number of carbonyl (C=O) groups excluding carboxylic acids is 1. The summed E-state index contributed by atoms with van der Waals surface area (Å²) in [5.74, 6) is 0. The molecule has 0 N–H and O–H groups in total. The highest BCUT2D eigenvalue weighted by atomic mass is 79.9. The van der Waals surface area contributed by atoms with Crippen molar-refractivity contribution >= 4 is 22.0 Å². The van der Waals surface area contributed by atoms with Gasteiger partial charge in [-0.1, -0.05) is 15.9 Å². The van der Waals surface area contributed by atoms with Gasteiger partial charge >= 0.3 is 6.09 Å². The third-order valence-electron chi connectivity index (χ3n) is 2.79. The van der Waals surface area contributed by atoms with Crippen LogP contribution in [-0.4, -0.2) is 41.3 Å². The maximum Gasteiger partial charge on any atom is 0.410 e. The second-order valence-corrected chi connectivity index (χ2v) is 6.60. The number of aromatic nitrogens is 1. The fourth-order valence-corrected chi connectivity index (χ4v) is 2.27. The molecule has 0 aliphatic carbocycles. The molecule has 110 valence electrons. The summed E-state index contributed by atoms with van der Waals surface area (Å²) >= 11 is 3.41. The molecule has 0 aromatic carbocycles. The predicted molar refractivity (Wildman–Crippen MR) is 78.4 cm³/mol. The Morgan fingerprint density at radius 2 is 2.30 bits per heavy atom. The molecule has 6 heteroatoms. The number of halogens is 1. The van der Waals surface area contributed by atoms with E-state index in [1.807, 2.05) is 32.9 Å². The Bertz CT molecular complexity index is 488. The average molecular weight is 343 g/mol. The molecule has 1 atom stereocenters. The zero-order valence-electron chi connectivity index (χ0n) is 11.9. The van der Waals surface area contributed by atoms with Gasteiger partial charge in [0, 0.05) is 17.2 Å². The summed E-state index contributed by atoms with van der Waals surface area (Å²) in [5, 5.41) is 0. The van der Waals surface area contributed by atoms with Gasteiger partial charge in [-0.25, -0.2) is 4.79 Å². The maximum absolute atomic E-state index is 12.1. The summed E-state index contributed by atoms with van der Waals surface area (Å²) in [5.41, 5.74) is 0.325. The van der Waals surface area contributed by atoms with E-state index >= 15 is 0 Å². The number of nitrogens with zero attached hydrogens (tertiary/aromatic N) is 2.